The van der Waals surface area contributed by atoms with Crippen molar-refractivity contribution in [2.75, 3.05) is 13.2 Å². The van der Waals surface area contributed by atoms with Crippen LogP contribution in [0.15, 0.2) is 63.8 Å². The van der Waals surface area contributed by atoms with Crippen molar-refractivity contribution in [3.05, 3.63) is 65.0 Å². The third kappa shape index (κ3) is 6.97. The SMILES string of the molecule is CC(C)CC(C(=O)OCC(C)(COc1ccc2cc(-c3ccccc3)c(=O)oc2c1)C(F)(F)F)C(C)(C)C. The van der Waals surface area contributed by atoms with Crippen molar-refractivity contribution in [3.63, 3.8) is 0 Å². The zero-order valence-corrected chi connectivity index (χ0v) is 22.6. The van der Waals surface area contributed by atoms with Crippen LogP contribution in [0.25, 0.3) is 22.1 Å². The largest absolute Gasteiger partial charge is 0.492 e. The van der Waals surface area contributed by atoms with E-state index in [1.54, 1.807) is 36.4 Å². The summed E-state index contributed by atoms with van der Waals surface area (Å²) in [4.78, 5) is 25.3. The first-order chi connectivity index (χ1) is 17.6. The lowest BCUT2D eigenvalue weighted by Gasteiger charge is -2.34. The number of rotatable bonds is 9. The van der Waals surface area contributed by atoms with E-state index in [4.69, 9.17) is 13.9 Å². The van der Waals surface area contributed by atoms with E-state index in [2.05, 4.69) is 0 Å². The van der Waals surface area contributed by atoms with Crippen LogP contribution in [0.1, 0.15) is 48.0 Å². The first-order valence-electron chi connectivity index (χ1n) is 12.6. The molecular formula is C30H35F3O5. The third-order valence-corrected chi connectivity index (χ3v) is 6.60. The van der Waals surface area contributed by atoms with Crippen molar-refractivity contribution in [1.29, 1.82) is 0 Å². The summed E-state index contributed by atoms with van der Waals surface area (Å²) in [5.41, 5.74) is -2.21. The quantitative estimate of drug-likeness (QED) is 0.209. The van der Waals surface area contributed by atoms with Crippen LogP contribution in [0.3, 0.4) is 0 Å². The van der Waals surface area contributed by atoms with Gasteiger partial charge in [0.25, 0.3) is 0 Å². The van der Waals surface area contributed by atoms with Crippen LogP contribution in [0.2, 0.25) is 0 Å². The Morgan fingerprint density at radius 2 is 1.61 bits per heavy atom. The van der Waals surface area contributed by atoms with Gasteiger partial charge in [0.2, 0.25) is 0 Å². The smallest absolute Gasteiger partial charge is 0.400 e. The van der Waals surface area contributed by atoms with Gasteiger partial charge in [0, 0.05) is 11.5 Å². The average molecular weight is 533 g/mol. The third-order valence-electron chi connectivity index (χ3n) is 6.60. The molecule has 5 nitrogen and oxygen atoms in total. The summed E-state index contributed by atoms with van der Waals surface area (Å²) in [5.74, 6) is -0.906. The molecule has 0 aliphatic heterocycles. The number of benzene rings is 2. The highest BCUT2D eigenvalue weighted by Gasteiger charge is 2.53. The van der Waals surface area contributed by atoms with Crippen LogP contribution >= 0.6 is 0 Å². The van der Waals surface area contributed by atoms with E-state index in [1.165, 1.54) is 12.1 Å². The molecule has 3 aromatic rings. The van der Waals surface area contributed by atoms with Gasteiger partial charge in [-0.15, -0.1) is 0 Å². The topological polar surface area (TPSA) is 65.7 Å². The van der Waals surface area contributed by atoms with E-state index in [1.807, 2.05) is 40.7 Å². The number of hydrogen-bond donors (Lipinski definition) is 0. The van der Waals surface area contributed by atoms with Crippen molar-refractivity contribution in [1.82, 2.24) is 0 Å². The molecule has 8 heteroatoms. The number of ether oxygens (including phenoxy) is 2. The molecule has 0 amide bonds. The second kappa shape index (κ2) is 11.2. The zero-order chi connectivity index (χ0) is 28.3. The molecule has 3 rings (SSSR count). The van der Waals surface area contributed by atoms with E-state index < -0.39 is 47.7 Å². The predicted molar refractivity (Wildman–Crippen MR) is 141 cm³/mol. The summed E-state index contributed by atoms with van der Waals surface area (Å²) >= 11 is 0. The number of halogens is 3. The van der Waals surface area contributed by atoms with Crippen LogP contribution in [0, 0.1) is 22.7 Å². The van der Waals surface area contributed by atoms with Gasteiger partial charge in [-0.3, -0.25) is 4.79 Å². The first-order valence-corrected chi connectivity index (χ1v) is 12.6. The average Bonchev–Trinajstić information content (AvgIpc) is 2.83. The van der Waals surface area contributed by atoms with Crippen LogP contribution in [-0.2, 0) is 9.53 Å². The summed E-state index contributed by atoms with van der Waals surface area (Å²) in [5, 5.41) is 0.599. The van der Waals surface area contributed by atoms with Crippen LogP contribution in [0.4, 0.5) is 13.2 Å². The van der Waals surface area contributed by atoms with Gasteiger partial charge in [0.15, 0.2) is 0 Å². The number of alkyl halides is 3. The van der Waals surface area contributed by atoms with Crippen LogP contribution in [-0.4, -0.2) is 25.4 Å². The molecule has 38 heavy (non-hydrogen) atoms. The normalized spacial score (nSPS) is 14.8. The highest BCUT2D eigenvalue weighted by atomic mass is 19.4. The van der Waals surface area contributed by atoms with Gasteiger partial charge in [-0.1, -0.05) is 65.0 Å². The first kappa shape index (κ1) is 29.3. The molecule has 0 fully saturated rings. The summed E-state index contributed by atoms with van der Waals surface area (Å²) in [6.45, 7) is 8.82. The Morgan fingerprint density at radius 3 is 2.18 bits per heavy atom. The lowest BCUT2D eigenvalue weighted by Crippen LogP contribution is -2.45. The maximum atomic E-state index is 14.1. The lowest BCUT2D eigenvalue weighted by atomic mass is 9.76. The van der Waals surface area contributed by atoms with E-state index in [-0.39, 0.29) is 17.3 Å². The van der Waals surface area contributed by atoms with Crippen molar-refractivity contribution in [2.45, 2.75) is 54.1 Å². The minimum absolute atomic E-state index is 0.0993. The Balaban J connectivity index is 1.77. The minimum Gasteiger partial charge on any atom is -0.492 e. The summed E-state index contributed by atoms with van der Waals surface area (Å²) in [7, 11) is 0. The number of carbonyl (C=O) groups excluding carboxylic acids is 1. The molecule has 206 valence electrons. The maximum Gasteiger partial charge on any atom is 0.400 e. The molecule has 0 N–H and O–H groups in total. The highest BCUT2D eigenvalue weighted by molar-refractivity contribution is 5.82. The highest BCUT2D eigenvalue weighted by Crippen LogP contribution is 2.40. The zero-order valence-electron chi connectivity index (χ0n) is 22.6. The monoisotopic (exact) mass is 532 g/mol. The van der Waals surface area contributed by atoms with Crippen molar-refractivity contribution in [2.24, 2.45) is 22.7 Å². The molecular weight excluding hydrogens is 497 g/mol. The molecule has 0 bridgehead atoms. The fourth-order valence-corrected chi connectivity index (χ4v) is 4.05. The standard InChI is InChI=1S/C30H35F3O5/c1-19(2)14-24(28(3,4)5)27(35)37-18-29(6,30(31,32)33)17-36-22-13-12-21-15-23(20-10-8-7-9-11-20)26(34)38-25(21)16-22/h7-13,15-16,19,24H,14,17-18H2,1-6H3. The van der Waals surface area contributed by atoms with Gasteiger partial charge in [-0.25, -0.2) is 4.79 Å². The van der Waals surface area contributed by atoms with Gasteiger partial charge >= 0.3 is 17.8 Å². The molecule has 0 saturated heterocycles. The van der Waals surface area contributed by atoms with Gasteiger partial charge in [-0.2, -0.15) is 13.2 Å². The number of esters is 1. The summed E-state index contributed by atoms with van der Waals surface area (Å²) in [6, 6.07) is 15.2. The molecule has 0 aliphatic rings. The lowest BCUT2D eigenvalue weighted by molar-refractivity contribution is -0.241. The number of carbonyl (C=O) groups is 1. The molecule has 1 heterocycles. The van der Waals surface area contributed by atoms with Crippen molar-refractivity contribution >= 4 is 16.9 Å². The number of fused-ring (bicyclic) bond motifs is 1. The maximum absolute atomic E-state index is 14.1. The Labute approximate surface area is 220 Å². The van der Waals surface area contributed by atoms with E-state index in [9.17, 15) is 22.8 Å². The second-order valence-corrected chi connectivity index (χ2v) is 11.5. The fourth-order valence-electron chi connectivity index (χ4n) is 4.05. The Hall–Kier alpha value is -3.29. The molecule has 0 saturated carbocycles. The van der Waals surface area contributed by atoms with Gasteiger partial charge in [0.1, 0.15) is 30.0 Å². The molecule has 0 radical (unpaired) electrons. The van der Waals surface area contributed by atoms with Crippen molar-refractivity contribution in [3.8, 4) is 16.9 Å². The van der Waals surface area contributed by atoms with Crippen molar-refractivity contribution < 1.29 is 31.9 Å². The number of hydrogen-bond acceptors (Lipinski definition) is 5. The van der Waals surface area contributed by atoms with Crippen LogP contribution in [0.5, 0.6) is 5.75 Å². The van der Waals surface area contributed by atoms with Crippen LogP contribution < -0.4 is 10.4 Å². The van der Waals surface area contributed by atoms with E-state index >= 15 is 0 Å². The van der Waals surface area contributed by atoms with Gasteiger partial charge in [-0.05, 0) is 48.4 Å². The van der Waals surface area contributed by atoms with Gasteiger partial charge < -0.3 is 13.9 Å². The predicted octanol–water partition coefficient (Wildman–Crippen LogP) is 7.66. The Kier molecular flexibility index (Phi) is 8.64. The Bertz CT molecular complexity index is 1310. The molecule has 2 aromatic carbocycles. The minimum atomic E-state index is -4.70. The van der Waals surface area contributed by atoms with E-state index in [0.29, 0.717) is 22.9 Å². The molecule has 0 spiro atoms. The molecule has 1 aromatic heterocycles. The van der Waals surface area contributed by atoms with E-state index in [0.717, 1.165) is 6.92 Å². The summed E-state index contributed by atoms with van der Waals surface area (Å²) < 4.78 is 58.4. The molecule has 2 atom stereocenters. The van der Waals surface area contributed by atoms with Gasteiger partial charge in [0.05, 0.1) is 11.5 Å². The second-order valence-electron chi connectivity index (χ2n) is 11.5. The Morgan fingerprint density at radius 1 is 0.947 bits per heavy atom. The molecule has 0 aliphatic carbocycles. The fraction of sp³-hybridized carbons (Fsp3) is 0.467. The summed E-state index contributed by atoms with van der Waals surface area (Å²) in [6.07, 6.45) is -4.19. The molecule has 2 unspecified atom stereocenters.